The number of sulfonamides is 1. The predicted octanol–water partition coefficient (Wildman–Crippen LogP) is 3.43. The van der Waals surface area contributed by atoms with Crippen molar-refractivity contribution in [3.05, 3.63) is 53.2 Å². The van der Waals surface area contributed by atoms with Crippen LogP contribution in [0.5, 0.6) is 0 Å². The summed E-state index contributed by atoms with van der Waals surface area (Å²) < 4.78 is 41.4. The molecule has 1 amide bonds. The smallest absolute Gasteiger partial charge is 0.237 e. The number of carbonyl (C=O) groups is 1. The van der Waals surface area contributed by atoms with Gasteiger partial charge >= 0.3 is 0 Å². The molecule has 0 radical (unpaired) electrons. The van der Waals surface area contributed by atoms with E-state index in [0.717, 1.165) is 11.3 Å². The van der Waals surface area contributed by atoms with E-state index in [1.165, 1.54) is 24.5 Å². The van der Waals surface area contributed by atoms with Crippen molar-refractivity contribution in [3.8, 4) is 17.3 Å². The van der Waals surface area contributed by atoms with Gasteiger partial charge in [0.05, 0.1) is 40.1 Å². The summed E-state index contributed by atoms with van der Waals surface area (Å²) in [5, 5.41) is 12.9. The molecule has 2 N–H and O–H groups in total. The van der Waals surface area contributed by atoms with Crippen LogP contribution in [0.1, 0.15) is 38.1 Å². The van der Waals surface area contributed by atoms with Gasteiger partial charge in [0.25, 0.3) is 0 Å². The van der Waals surface area contributed by atoms with Crippen LogP contribution >= 0.6 is 11.3 Å². The number of rotatable bonds is 7. The van der Waals surface area contributed by atoms with E-state index in [9.17, 15) is 17.6 Å². The second-order valence-electron chi connectivity index (χ2n) is 8.06. The number of hydrogen-bond donors (Lipinski definition) is 2. The van der Waals surface area contributed by atoms with Crippen LogP contribution in [0.3, 0.4) is 0 Å². The van der Waals surface area contributed by atoms with Gasteiger partial charge in [-0.15, -0.1) is 11.3 Å². The van der Waals surface area contributed by atoms with E-state index in [2.05, 4.69) is 25.0 Å². The van der Waals surface area contributed by atoms with E-state index in [1.54, 1.807) is 25.3 Å². The van der Waals surface area contributed by atoms with Crippen molar-refractivity contribution in [2.45, 2.75) is 37.4 Å². The fourth-order valence-electron chi connectivity index (χ4n) is 2.92. The number of hydrogen-bond acceptors (Lipinski definition) is 8. The van der Waals surface area contributed by atoms with E-state index < -0.39 is 27.2 Å². The highest BCUT2D eigenvalue weighted by Crippen LogP contribution is 2.33. The van der Waals surface area contributed by atoms with Gasteiger partial charge in [-0.1, -0.05) is 6.07 Å². The SMILES string of the molecule is CC(C)(C(=O)Nc1ccc(-c2cncc(C#N)n2)cc1F)c1csc(NS(=O)(=O)C2CC2)n1. The van der Waals surface area contributed by atoms with Crippen LogP contribution in [-0.4, -0.2) is 34.5 Å². The zero-order valence-corrected chi connectivity index (χ0v) is 19.3. The molecular weight excluding hydrogens is 467 g/mol. The van der Waals surface area contributed by atoms with Crippen molar-refractivity contribution in [3.63, 3.8) is 0 Å². The van der Waals surface area contributed by atoms with Crippen molar-refractivity contribution < 1.29 is 17.6 Å². The molecule has 0 saturated heterocycles. The van der Waals surface area contributed by atoms with Crippen LogP contribution < -0.4 is 10.0 Å². The molecule has 4 rings (SSSR count). The van der Waals surface area contributed by atoms with Gasteiger partial charge in [0.2, 0.25) is 15.9 Å². The van der Waals surface area contributed by atoms with Gasteiger partial charge in [-0.05, 0) is 38.8 Å². The van der Waals surface area contributed by atoms with Crippen molar-refractivity contribution >= 4 is 38.1 Å². The summed E-state index contributed by atoms with van der Waals surface area (Å²) in [4.78, 5) is 25.2. The standard InChI is InChI=1S/C21H19FN6O3S2/c1-21(2,18-11-32-20(27-18)28-33(30,31)14-4-5-14)19(29)26-16-6-3-12(7-15(16)22)17-10-24-9-13(8-23)25-17/h3,6-7,9-11,14H,4-5H2,1-2H3,(H,26,29)(H,27,28). The van der Waals surface area contributed by atoms with E-state index >= 15 is 0 Å². The number of halogens is 1. The number of aromatic nitrogens is 3. The molecule has 12 heteroatoms. The van der Waals surface area contributed by atoms with Crippen LogP contribution in [0.15, 0.2) is 36.0 Å². The molecule has 0 atom stereocenters. The van der Waals surface area contributed by atoms with Gasteiger partial charge in [0.15, 0.2) is 10.8 Å². The Hall–Kier alpha value is -3.43. The summed E-state index contributed by atoms with van der Waals surface area (Å²) in [6, 6.07) is 6.03. The zero-order valence-electron chi connectivity index (χ0n) is 17.7. The number of anilines is 2. The topological polar surface area (TPSA) is 138 Å². The Kier molecular flexibility index (Phi) is 5.85. The monoisotopic (exact) mass is 486 g/mol. The van der Waals surface area contributed by atoms with Gasteiger partial charge in [-0.25, -0.2) is 22.8 Å². The molecule has 1 aliphatic rings. The summed E-state index contributed by atoms with van der Waals surface area (Å²) in [7, 11) is -3.46. The summed E-state index contributed by atoms with van der Waals surface area (Å²) in [5.41, 5.74) is 0.00730. The minimum atomic E-state index is -3.46. The van der Waals surface area contributed by atoms with Gasteiger partial charge in [0.1, 0.15) is 11.9 Å². The van der Waals surface area contributed by atoms with E-state index in [0.29, 0.717) is 29.8 Å². The Morgan fingerprint density at radius 1 is 1.27 bits per heavy atom. The summed E-state index contributed by atoms with van der Waals surface area (Å²) in [5.74, 6) is -1.20. The maximum absolute atomic E-state index is 14.7. The maximum Gasteiger partial charge on any atom is 0.237 e. The molecule has 0 aliphatic heterocycles. The molecule has 3 aromatic rings. The van der Waals surface area contributed by atoms with Crippen LogP contribution in [0.2, 0.25) is 0 Å². The lowest BCUT2D eigenvalue weighted by Gasteiger charge is -2.22. The Labute approximate surface area is 193 Å². The number of thiazole rings is 1. The molecule has 2 heterocycles. The first-order chi connectivity index (χ1) is 15.6. The number of nitrogens with zero attached hydrogens (tertiary/aromatic N) is 4. The molecule has 1 aromatic carbocycles. The minimum absolute atomic E-state index is 0.0360. The predicted molar refractivity (Wildman–Crippen MR) is 121 cm³/mol. The minimum Gasteiger partial charge on any atom is -0.323 e. The molecule has 1 fully saturated rings. The van der Waals surface area contributed by atoms with Crippen molar-refractivity contribution in [2.24, 2.45) is 0 Å². The molecule has 33 heavy (non-hydrogen) atoms. The van der Waals surface area contributed by atoms with E-state index in [-0.39, 0.29) is 21.8 Å². The third kappa shape index (κ3) is 4.84. The molecular formula is C21H19FN6O3S2. The van der Waals surface area contributed by atoms with E-state index in [1.807, 2.05) is 6.07 Å². The lowest BCUT2D eigenvalue weighted by Crippen LogP contribution is -2.35. The maximum atomic E-state index is 14.7. The average molecular weight is 487 g/mol. The summed E-state index contributed by atoms with van der Waals surface area (Å²) in [6.45, 7) is 3.23. The molecule has 9 nitrogen and oxygen atoms in total. The Bertz CT molecular complexity index is 1380. The van der Waals surface area contributed by atoms with Gasteiger partial charge in [0, 0.05) is 10.9 Å². The second-order valence-corrected chi connectivity index (χ2v) is 10.9. The summed E-state index contributed by atoms with van der Waals surface area (Å²) in [6.07, 6.45) is 3.97. The van der Waals surface area contributed by atoms with Crippen molar-refractivity contribution in [1.29, 1.82) is 5.26 Å². The van der Waals surface area contributed by atoms with Crippen molar-refractivity contribution in [1.82, 2.24) is 15.0 Å². The van der Waals surface area contributed by atoms with Crippen LogP contribution in [0.25, 0.3) is 11.3 Å². The number of amides is 1. The molecule has 2 aromatic heterocycles. The third-order valence-electron chi connectivity index (χ3n) is 5.17. The zero-order chi connectivity index (χ0) is 23.8. The van der Waals surface area contributed by atoms with Crippen molar-refractivity contribution in [2.75, 3.05) is 10.0 Å². The fraction of sp³-hybridized carbons (Fsp3) is 0.286. The third-order valence-corrected chi connectivity index (χ3v) is 7.88. The fourth-order valence-corrected chi connectivity index (χ4v) is 5.40. The lowest BCUT2D eigenvalue weighted by atomic mass is 9.89. The highest BCUT2D eigenvalue weighted by Gasteiger charge is 2.37. The normalized spacial score (nSPS) is 13.9. The lowest BCUT2D eigenvalue weighted by molar-refractivity contribution is -0.120. The number of nitriles is 1. The average Bonchev–Trinajstić information content (AvgIpc) is 3.55. The number of nitrogens with one attached hydrogen (secondary N) is 2. The molecule has 1 aliphatic carbocycles. The number of benzene rings is 1. The van der Waals surface area contributed by atoms with Gasteiger partial charge in [-0.3, -0.25) is 14.5 Å². The first-order valence-corrected chi connectivity index (χ1v) is 12.3. The largest absolute Gasteiger partial charge is 0.323 e. The van der Waals surface area contributed by atoms with Crippen LogP contribution in [-0.2, 0) is 20.2 Å². The Morgan fingerprint density at radius 2 is 2.03 bits per heavy atom. The Morgan fingerprint density at radius 3 is 2.70 bits per heavy atom. The Balaban J connectivity index is 1.49. The molecule has 170 valence electrons. The van der Waals surface area contributed by atoms with Crippen LogP contribution in [0.4, 0.5) is 15.2 Å². The second kappa shape index (κ2) is 8.49. The summed E-state index contributed by atoms with van der Waals surface area (Å²) >= 11 is 1.09. The van der Waals surface area contributed by atoms with Crippen LogP contribution in [0, 0.1) is 17.1 Å². The quantitative estimate of drug-likeness (QED) is 0.522. The highest BCUT2D eigenvalue weighted by atomic mass is 32.2. The first kappa shape index (κ1) is 22.8. The molecule has 1 saturated carbocycles. The van der Waals surface area contributed by atoms with Gasteiger partial charge in [-0.2, -0.15) is 5.26 Å². The molecule has 0 bridgehead atoms. The van der Waals surface area contributed by atoms with Gasteiger partial charge < -0.3 is 5.32 Å². The molecule has 0 spiro atoms. The number of carbonyl (C=O) groups excluding carboxylic acids is 1. The highest BCUT2D eigenvalue weighted by molar-refractivity contribution is 7.93. The first-order valence-electron chi connectivity index (χ1n) is 9.91. The van der Waals surface area contributed by atoms with E-state index in [4.69, 9.17) is 5.26 Å². The molecule has 0 unspecified atom stereocenters.